The van der Waals surface area contributed by atoms with E-state index in [9.17, 15) is 4.39 Å². The molecule has 3 aliphatic rings. The molecule has 9 heteroatoms. The van der Waals surface area contributed by atoms with Crippen molar-refractivity contribution in [3.8, 4) is 5.88 Å². The fourth-order valence-corrected chi connectivity index (χ4v) is 5.51. The standard InChI is InChI=1S/C26H32FN5O3/c27-19-7-9-23-22(13-19)26(30-35-23)32-11-10-31-15-18(6-8-21(31)16-32)17-34-25-4-1-3-20(29-25)14-28-24-5-2-12-33-24/h1,3-4,7,9,13,18,21,24,28H,2,5-6,8,10-12,14-17H2/t18-,21+,24?/m1/s1. The van der Waals surface area contributed by atoms with Crippen LogP contribution >= 0.6 is 0 Å². The lowest BCUT2D eigenvalue weighted by atomic mass is 9.91. The predicted octanol–water partition coefficient (Wildman–Crippen LogP) is 3.57. The second kappa shape index (κ2) is 10.1. The van der Waals surface area contributed by atoms with Gasteiger partial charge in [0, 0.05) is 57.4 Å². The number of nitrogens with one attached hydrogen (secondary N) is 1. The highest BCUT2D eigenvalue weighted by atomic mass is 19.1. The number of hydrogen-bond donors (Lipinski definition) is 1. The van der Waals surface area contributed by atoms with Gasteiger partial charge in [-0.1, -0.05) is 11.2 Å². The third-order valence-electron chi connectivity index (χ3n) is 7.41. The fourth-order valence-electron chi connectivity index (χ4n) is 5.51. The van der Waals surface area contributed by atoms with Crippen molar-refractivity contribution < 1.29 is 18.4 Å². The predicted molar refractivity (Wildman–Crippen MR) is 130 cm³/mol. The number of anilines is 1. The number of pyridine rings is 1. The summed E-state index contributed by atoms with van der Waals surface area (Å²) < 4.78 is 30.9. The first-order chi connectivity index (χ1) is 17.2. The molecule has 0 saturated carbocycles. The third kappa shape index (κ3) is 5.12. The van der Waals surface area contributed by atoms with Gasteiger partial charge in [0.25, 0.3) is 0 Å². The smallest absolute Gasteiger partial charge is 0.213 e. The van der Waals surface area contributed by atoms with E-state index in [-0.39, 0.29) is 12.0 Å². The second-order valence-electron chi connectivity index (χ2n) is 9.85. The van der Waals surface area contributed by atoms with E-state index >= 15 is 0 Å². The highest BCUT2D eigenvalue weighted by Crippen LogP contribution is 2.31. The van der Waals surface area contributed by atoms with Crippen molar-refractivity contribution in [2.24, 2.45) is 5.92 Å². The van der Waals surface area contributed by atoms with Crippen LogP contribution in [0.3, 0.4) is 0 Å². The minimum Gasteiger partial charge on any atom is -0.477 e. The van der Waals surface area contributed by atoms with Gasteiger partial charge in [0.15, 0.2) is 11.4 Å². The van der Waals surface area contributed by atoms with Crippen molar-refractivity contribution in [1.82, 2.24) is 20.4 Å². The van der Waals surface area contributed by atoms with Gasteiger partial charge >= 0.3 is 0 Å². The van der Waals surface area contributed by atoms with Gasteiger partial charge in [-0.05, 0) is 49.9 Å². The summed E-state index contributed by atoms with van der Waals surface area (Å²) in [4.78, 5) is 9.47. The maximum Gasteiger partial charge on any atom is 0.213 e. The van der Waals surface area contributed by atoms with E-state index in [1.807, 2.05) is 18.2 Å². The van der Waals surface area contributed by atoms with Crippen molar-refractivity contribution in [1.29, 1.82) is 0 Å². The summed E-state index contributed by atoms with van der Waals surface area (Å²) in [5.41, 5.74) is 1.60. The van der Waals surface area contributed by atoms with E-state index in [2.05, 4.69) is 25.3 Å². The Morgan fingerprint density at radius 3 is 3.00 bits per heavy atom. The largest absolute Gasteiger partial charge is 0.477 e. The first kappa shape index (κ1) is 22.7. The summed E-state index contributed by atoms with van der Waals surface area (Å²) in [6, 6.07) is 11.0. The Kier molecular flexibility index (Phi) is 6.54. The van der Waals surface area contributed by atoms with Crippen LogP contribution in [0.4, 0.5) is 10.2 Å². The molecule has 3 saturated heterocycles. The molecule has 0 bridgehead atoms. The molecule has 1 aromatic carbocycles. The van der Waals surface area contributed by atoms with Gasteiger partial charge in [0.1, 0.15) is 12.0 Å². The number of benzene rings is 1. The van der Waals surface area contributed by atoms with Gasteiger partial charge in [-0.2, -0.15) is 0 Å². The number of halogens is 1. The Balaban J connectivity index is 1.00. The summed E-state index contributed by atoms with van der Waals surface area (Å²) in [6.07, 6.45) is 4.53. The fraction of sp³-hybridized carbons (Fsp3) is 0.538. The number of aromatic nitrogens is 2. The number of ether oxygens (including phenoxy) is 2. The van der Waals surface area contributed by atoms with Gasteiger partial charge in [-0.25, -0.2) is 9.37 Å². The third-order valence-corrected chi connectivity index (χ3v) is 7.41. The Labute approximate surface area is 204 Å². The zero-order chi connectivity index (χ0) is 23.6. The minimum atomic E-state index is -0.264. The molecule has 186 valence electrons. The number of piperidine rings is 1. The molecule has 0 aliphatic carbocycles. The molecule has 3 atom stereocenters. The van der Waals surface area contributed by atoms with Crippen LogP contribution in [0.1, 0.15) is 31.4 Å². The van der Waals surface area contributed by atoms with Gasteiger partial charge < -0.3 is 18.9 Å². The molecule has 1 unspecified atom stereocenters. The average molecular weight is 482 g/mol. The summed E-state index contributed by atoms with van der Waals surface area (Å²) in [5.74, 6) is 1.66. The molecule has 3 aliphatic heterocycles. The quantitative estimate of drug-likeness (QED) is 0.549. The molecular weight excluding hydrogens is 449 g/mol. The highest BCUT2D eigenvalue weighted by molar-refractivity contribution is 5.88. The Morgan fingerprint density at radius 2 is 2.09 bits per heavy atom. The topological polar surface area (TPSA) is 75.9 Å². The highest BCUT2D eigenvalue weighted by Gasteiger charge is 2.34. The zero-order valence-corrected chi connectivity index (χ0v) is 19.9. The van der Waals surface area contributed by atoms with E-state index in [0.717, 1.165) is 75.4 Å². The van der Waals surface area contributed by atoms with E-state index in [0.29, 0.717) is 36.6 Å². The number of fused-ring (bicyclic) bond motifs is 2. The maximum absolute atomic E-state index is 13.8. The summed E-state index contributed by atoms with van der Waals surface area (Å²) >= 11 is 0. The molecular formula is C26H32FN5O3. The van der Waals surface area contributed by atoms with Crippen LogP contribution in [0.2, 0.25) is 0 Å². The van der Waals surface area contributed by atoms with Crippen LogP contribution in [-0.2, 0) is 11.3 Å². The first-order valence-electron chi connectivity index (χ1n) is 12.7. The monoisotopic (exact) mass is 481 g/mol. The second-order valence-corrected chi connectivity index (χ2v) is 9.85. The average Bonchev–Trinajstić information content (AvgIpc) is 3.56. The maximum atomic E-state index is 13.8. The molecule has 0 radical (unpaired) electrons. The number of rotatable bonds is 7. The van der Waals surface area contributed by atoms with Crippen molar-refractivity contribution in [2.45, 2.75) is 44.5 Å². The van der Waals surface area contributed by atoms with Crippen molar-refractivity contribution in [2.75, 3.05) is 44.3 Å². The van der Waals surface area contributed by atoms with Crippen LogP contribution in [0.25, 0.3) is 11.0 Å². The molecule has 0 amide bonds. The van der Waals surface area contributed by atoms with Gasteiger partial charge in [0.2, 0.25) is 5.88 Å². The molecule has 35 heavy (non-hydrogen) atoms. The van der Waals surface area contributed by atoms with Crippen molar-refractivity contribution in [3.63, 3.8) is 0 Å². The number of piperazine rings is 1. The van der Waals surface area contributed by atoms with E-state index in [1.54, 1.807) is 6.07 Å². The van der Waals surface area contributed by atoms with Crippen molar-refractivity contribution in [3.05, 3.63) is 47.9 Å². The molecule has 0 spiro atoms. The SMILES string of the molecule is Fc1ccc2onc(N3CCN4C[C@H](COc5cccc(CNC6CCCO6)n5)CC[C@H]4C3)c2c1. The van der Waals surface area contributed by atoms with Gasteiger partial charge in [-0.15, -0.1) is 0 Å². The lowest BCUT2D eigenvalue weighted by molar-refractivity contribution is 0.0714. The Morgan fingerprint density at radius 1 is 1.11 bits per heavy atom. The number of hydrogen-bond acceptors (Lipinski definition) is 8. The normalized spacial score (nSPS) is 25.2. The minimum absolute atomic E-state index is 0.140. The van der Waals surface area contributed by atoms with Crippen molar-refractivity contribution >= 4 is 16.8 Å². The molecule has 5 heterocycles. The van der Waals surface area contributed by atoms with Crippen LogP contribution in [0.5, 0.6) is 5.88 Å². The Hall–Kier alpha value is -2.75. The lowest BCUT2D eigenvalue weighted by Crippen LogP contribution is -2.57. The lowest BCUT2D eigenvalue weighted by Gasteiger charge is -2.46. The molecule has 6 rings (SSSR count). The molecule has 3 fully saturated rings. The van der Waals surface area contributed by atoms with E-state index < -0.39 is 0 Å². The molecule has 1 N–H and O–H groups in total. The summed E-state index contributed by atoms with van der Waals surface area (Å²) in [7, 11) is 0. The summed E-state index contributed by atoms with van der Waals surface area (Å²) in [5, 5.41) is 8.40. The van der Waals surface area contributed by atoms with Crippen LogP contribution in [0.15, 0.2) is 40.9 Å². The van der Waals surface area contributed by atoms with E-state index in [1.165, 1.54) is 12.1 Å². The Bertz CT molecular complexity index is 1150. The molecule has 8 nitrogen and oxygen atoms in total. The molecule has 2 aromatic heterocycles. The van der Waals surface area contributed by atoms with Crippen LogP contribution in [-0.4, -0.2) is 66.7 Å². The number of nitrogens with zero attached hydrogens (tertiary/aromatic N) is 4. The zero-order valence-electron chi connectivity index (χ0n) is 19.9. The molecule has 3 aromatic rings. The van der Waals surface area contributed by atoms with E-state index in [4.69, 9.17) is 14.0 Å². The van der Waals surface area contributed by atoms with Gasteiger partial charge in [-0.3, -0.25) is 10.2 Å². The van der Waals surface area contributed by atoms with Crippen LogP contribution in [0, 0.1) is 11.7 Å². The van der Waals surface area contributed by atoms with Gasteiger partial charge in [0.05, 0.1) is 17.7 Å². The first-order valence-corrected chi connectivity index (χ1v) is 12.7. The summed E-state index contributed by atoms with van der Waals surface area (Å²) in [6.45, 7) is 5.90. The van der Waals surface area contributed by atoms with Crippen LogP contribution < -0.4 is 15.0 Å².